The molecule has 0 fully saturated rings. The summed E-state index contributed by atoms with van der Waals surface area (Å²) in [6.07, 6.45) is 5.67. The predicted octanol–water partition coefficient (Wildman–Crippen LogP) is 3.51. The van der Waals surface area contributed by atoms with E-state index in [9.17, 15) is 0 Å². The number of hydrogen-bond donors (Lipinski definition) is 1. The van der Waals surface area contributed by atoms with Gasteiger partial charge in [0, 0.05) is 18.4 Å². The van der Waals surface area contributed by atoms with Crippen molar-refractivity contribution in [3.63, 3.8) is 0 Å². The molecule has 1 N–H and O–H groups in total. The smallest absolute Gasteiger partial charge is 0.166 e. The van der Waals surface area contributed by atoms with E-state index < -0.39 is 0 Å². The Hall–Kier alpha value is -1.94. The molecule has 1 unspecified atom stereocenters. The molecule has 0 bridgehead atoms. The molecule has 1 aromatic carbocycles. The monoisotopic (exact) mass is 285 g/mol. The SMILES string of the molecule is CCCNC(CC)c1ccc(OCc2ncccn2)cc1. The Kier molecular flexibility index (Phi) is 6.16. The summed E-state index contributed by atoms with van der Waals surface area (Å²) in [7, 11) is 0. The van der Waals surface area contributed by atoms with E-state index in [2.05, 4.69) is 41.3 Å². The highest BCUT2D eigenvalue weighted by Crippen LogP contribution is 2.20. The third-order valence-electron chi connectivity index (χ3n) is 3.32. The molecule has 0 aliphatic rings. The number of nitrogens with zero attached hydrogens (tertiary/aromatic N) is 2. The van der Waals surface area contributed by atoms with Crippen LogP contribution < -0.4 is 10.1 Å². The largest absolute Gasteiger partial charge is 0.486 e. The normalized spacial score (nSPS) is 12.1. The molecule has 0 saturated carbocycles. The van der Waals surface area contributed by atoms with Crippen LogP contribution in [-0.4, -0.2) is 16.5 Å². The summed E-state index contributed by atoms with van der Waals surface area (Å²) < 4.78 is 5.70. The van der Waals surface area contributed by atoms with Crippen molar-refractivity contribution >= 4 is 0 Å². The highest BCUT2D eigenvalue weighted by atomic mass is 16.5. The number of benzene rings is 1. The number of aromatic nitrogens is 2. The van der Waals surface area contributed by atoms with Crippen molar-refractivity contribution in [2.75, 3.05) is 6.54 Å². The molecule has 0 saturated heterocycles. The van der Waals surface area contributed by atoms with Crippen LogP contribution in [0.5, 0.6) is 5.75 Å². The average molecular weight is 285 g/mol. The van der Waals surface area contributed by atoms with Crippen LogP contribution in [0.3, 0.4) is 0 Å². The number of hydrogen-bond acceptors (Lipinski definition) is 4. The minimum absolute atomic E-state index is 0.394. The second-order valence-electron chi connectivity index (χ2n) is 4.94. The summed E-state index contributed by atoms with van der Waals surface area (Å²) in [5, 5.41) is 3.55. The lowest BCUT2D eigenvalue weighted by atomic mass is 10.0. The van der Waals surface area contributed by atoms with Crippen molar-refractivity contribution < 1.29 is 4.74 Å². The molecular formula is C17H23N3O. The van der Waals surface area contributed by atoms with E-state index in [1.165, 1.54) is 5.56 Å². The zero-order chi connectivity index (χ0) is 14.9. The van der Waals surface area contributed by atoms with Gasteiger partial charge >= 0.3 is 0 Å². The van der Waals surface area contributed by atoms with Crippen LogP contribution in [-0.2, 0) is 6.61 Å². The summed E-state index contributed by atoms with van der Waals surface area (Å²) in [4.78, 5) is 8.28. The molecule has 0 spiro atoms. The standard InChI is InChI=1S/C17H23N3O/c1-3-10-18-16(4-2)14-6-8-15(9-7-14)21-13-17-19-11-5-12-20-17/h5-9,11-12,16,18H,3-4,10,13H2,1-2H3. The molecule has 0 radical (unpaired) electrons. The van der Waals surface area contributed by atoms with Crippen LogP contribution in [0.15, 0.2) is 42.7 Å². The van der Waals surface area contributed by atoms with Crippen molar-refractivity contribution in [3.8, 4) is 5.75 Å². The molecule has 0 aliphatic heterocycles. The van der Waals surface area contributed by atoms with Gasteiger partial charge in [0.05, 0.1) is 0 Å². The first-order valence-corrected chi connectivity index (χ1v) is 7.55. The Morgan fingerprint density at radius 3 is 2.43 bits per heavy atom. The minimum atomic E-state index is 0.394. The van der Waals surface area contributed by atoms with Gasteiger partial charge in [-0.3, -0.25) is 0 Å². The summed E-state index contributed by atoms with van der Waals surface area (Å²) >= 11 is 0. The molecule has 1 heterocycles. The van der Waals surface area contributed by atoms with E-state index in [-0.39, 0.29) is 0 Å². The van der Waals surface area contributed by atoms with Crippen LogP contribution in [0.25, 0.3) is 0 Å². The van der Waals surface area contributed by atoms with Gasteiger partial charge in [-0.25, -0.2) is 9.97 Å². The third kappa shape index (κ3) is 4.83. The lowest BCUT2D eigenvalue weighted by molar-refractivity contribution is 0.295. The minimum Gasteiger partial charge on any atom is -0.486 e. The van der Waals surface area contributed by atoms with Crippen LogP contribution in [0.2, 0.25) is 0 Å². The fourth-order valence-electron chi connectivity index (χ4n) is 2.17. The van der Waals surface area contributed by atoms with Gasteiger partial charge in [0.2, 0.25) is 0 Å². The van der Waals surface area contributed by atoms with Crippen LogP contribution in [0.1, 0.15) is 44.1 Å². The summed E-state index contributed by atoms with van der Waals surface area (Å²) in [6, 6.07) is 10.5. The van der Waals surface area contributed by atoms with Gasteiger partial charge in [-0.2, -0.15) is 0 Å². The fraction of sp³-hybridized carbons (Fsp3) is 0.412. The van der Waals surface area contributed by atoms with E-state index in [0.717, 1.165) is 25.1 Å². The molecule has 2 aromatic rings. The lowest BCUT2D eigenvalue weighted by Gasteiger charge is -2.17. The van der Waals surface area contributed by atoms with Gasteiger partial charge in [-0.05, 0) is 43.1 Å². The quantitative estimate of drug-likeness (QED) is 0.806. The second-order valence-corrected chi connectivity index (χ2v) is 4.94. The maximum Gasteiger partial charge on any atom is 0.166 e. The highest BCUT2D eigenvalue weighted by Gasteiger charge is 2.08. The molecule has 4 heteroatoms. The molecule has 1 aromatic heterocycles. The summed E-state index contributed by atoms with van der Waals surface area (Å²) in [5.74, 6) is 1.54. The van der Waals surface area contributed by atoms with E-state index in [1.807, 2.05) is 12.1 Å². The van der Waals surface area contributed by atoms with E-state index in [0.29, 0.717) is 18.5 Å². The molecular weight excluding hydrogens is 262 g/mol. The van der Waals surface area contributed by atoms with Gasteiger partial charge in [0.15, 0.2) is 5.82 Å². The van der Waals surface area contributed by atoms with Crippen LogP contribution in [0, 0.1) is 0 Å². The topological polar surface area (TPSA) is 47.0 Å². The highest BCUT2D eigenvalue weighted by molar-refractivity contribution is 5.29. The maximum atomic E-state index is 5.70. The Morgan fingerprint density at radius 2 is 1.81 bits per heavy atom. The Labute approximate surface area is 126 Å². The molecule has 1 atom stereocenters. The van der Waals surface area contributed by atoms with E-state index in [1.54, 1.807) is 18.5 Å². The summed E-state index contributed by atoms with van der Waals surface area (Å²) in [6.45, 7) is 5.82. The van der Waals surface area contributed by atoms with Crippen LogP contribution >= 0.6 is 0 Å². The van der Waals surface area contributed by atoms with Crippen molar-refractivity contribution in [1.29, 1.82) is 0 Å². The zero-order valence-corrected chi connectivity index (χ0v) is 12.7. The zero-order valence-electron chi connectivity index (χ0n) is 12.7. The lowest BCUT2D eigenvalue weighted by Crippen LogP contribution is -2.21. The number of rotatable bonds is 8. The number of nitrogens with one attached hydrogen (secondary N) is 1. The molecule has 2 rings (SSSR count). The fourth-order valence-corrected chi connectivity index (χ4v) is 2.17. The Balaban J connectivity index is 1.92. The first-order valence-electron chi connectivity index (χ1n) is 7.55. The molecule has 4 nitrogen and oxygen atoms in total. The van der Waals surface area contributed by atoms with Gasteiger partial charge in [0.25, 0.3) is 0 Å². The molecule has 0 aliphatic carbocycles. The Bertz CT molecular complexity index is 513. The second kappa shape index (κ2) is 8.37. The van der Waals surface area contributed by atoms with E-state index >= 15 is 0 Å². The summed E-state index contributed by atoms with van der Waals surface area (Å²) in [5.41, 5.74) is 1.30. The van der Waals surface area contributed by atoms with Crippen molar-refractivity contribution in [2.24, 2.45) is 0 Å². The first kappa shape index (κ1) is 15.4. The van der Waals surface area contributed by atoms with Crippen molar-refractivity contribution in [2.45, 2.75) is 39.3 Å². The van der Waals surface area contributed by atoms with Crippen molar-refractivity contribution in [3.05, 3.63) is 54.1 Å². The molecule has 21 heavy (non-hydrogen) atoms. The maximum absolute atomic E-state index is 5.70. The van der Waals surface area contributed by atoms with Crippen LogP contribution in [0.4, 0.5) is 0 Å². The Morgan fingerprint density at radius 1 is 1.10 bits per heavy atom. The van der Waals surface area contributed by atoms with Gasteiger partial charge in [0.1, 0.15) is 12.4 Å². The van der Waals surface area contributed by atoms with Gasteiger partial charge in [-0.15, -0.1) is 0 Å². The molecule has 112 valence electrons. The first-order chi connectivity index (χ1) is 10.3. The third-order valence-corrected chi connectivity index (χ3v) is 3.32. The average Bonchev–Trinajstić information content (AvgIpc) is 2.56. The van der Waals surface area contributed by atoms with E-state index in [4.69, 9.17) is 4.74 Å². The number of ether oxygens (including phenoxy) is 1. The van der Waals surface area contributed by atoms with Gasteiger partial charge in [-0.1, -0.05) is 26.0 Å². The molecule has 0 amide bonds. The van der Waals surface area contributed by atoms with Gasteiger partial charge < -0.3 is 10.1 Å². The predicted molar refractivity (Wildman–Crippen MR) is 84.1 cm³/mol. The van der Waals surface area contributed by atoms with Crippen molar-refractivity contribution in [1.82, 2.24) is 15.3 Å².